The zero-order valence-electron chi connectivity index (χ0n) is 24.4. The Morgan fingerprint density at radius 2 is 1.78 bits per heavy atom. The number of nitrogens with one attached hydrogen (secondary N) is 1. The first-order chi connectivity index (χ1) is 21.9. The predicted molar refractivity (Wildman–Crippen MR) is 157 cm³/mol. The minimum absolute atomic E-state index is 0.135. The van der Waals surface area contributed by atoms with Crippen LogP contribution in [0.2, 0.25) is 0 Å². The molecule has 4 aromatic rings. The molecule has 1 aliphatic heterocycles. The molecule has 1 saturated heterocycles. The number of halogens is 6. The van der Waals surface area contributed by atoms with Gasteiger partial charge in [0.25, 0.3) is 0 Å². The van der Waals surface area contributed by atoms with Gasteiger partial charge in [-0.05, 0) is 62.2 Å². The summed E-state index contributed by atoms with van der Waals surface area (Å²) in [5, 5.41) is 12.2. The summed E-state index contributed by atoms with van der Waals surface area (Å²) < 4.78 is 107. The third-order valence-corrected chi connectivity index (χ3v) is 9.26. The monoisotopic (exact) mass is 662 g/mol. The molecule has 1 fully saturated rings. The molecule has 0 radical (unpaired) electrons. The minimum Gasteiger partial charge on any atom is -0.462 e. The number of fused-ring (bicyclic) bond motifs is 1. The SMILES string of the molecule is CCOC(=O)c1ccc(S(=O)N2CCC(NC(c3cn(Cc4cc(F)cc(F)c4F)c4cc(C#N)ccc34)C(F)(F)F)CC2)cc1. The number of alkyl halides is 3. The van der Waals surface area contributed by atoms with Crippen molar-refractivity contribution in [2.24, 2.45) is 0 Å². The van der Waals surface area contributed by atoms with E-state index in [1.54, 1.807) is 23.4 Å². The van der Waals surface area contributed by atoms with Crippen LogP contribution in [0.3, 0.4) is 0 Å². The van der Waals surface area contributed by atoms with Crippen LogP contribution in [0.15, 0.2) is 65.7 Å². The van der Waals surface area contributed by atoms with E-state index in [0.717, 1.165) is 12.3 Å². The summed E-state index contributed by atoms with van der Waals surface area (Å²) in [7, 11) is -1.60. The lowest BCUT2D eigenvalue weighted by atomic mass is 10.00. The molecule has 7 nitrogen and oxygen atoms in total. The number of carbonyl (C=O) groups is 1. The molecule has 5 rings (SSSR count). The third kappa shape index (κ3) is 7.11. The van der Waals surface area contributed by atoms with Crippen LogP contribution in [0.1, 0.15) is 52.9 Å². The lowest BCUT2D eigenvalue weighted by Gasteiger charge is -2.34. The van der Waals surface area contributed by atoms with Gasteiger partial charge in [-0.25, -0.2) is 26.5 Å². The molecule has 0 amide bonds. The van der Waals surface area contributed by atoms with Crippen molar-refractivity contribution in [3.8, 4) is 6.07 Å². The van der Waals surface area contributed by atoms with E-state index in [-0.39, 0.29) is 54.6 Å². The number of benzene rings is 3. The standard InChI is InChI=1S/C32H28F6N4O3S/c1-2-45-31(43)20-4-6-24(7-5-20)46(44)42-11-9-23(10-12-42)40-30(32(36,37)38)26-18-41(28-13-19(16-39)3-8-25(26)28)17-21-14-22(33)15-27(34)29(21)35/h3-8,13-15,18,23,30,40H,2,9-12,17H2,1H3. The van der Waals surface area contributed by atoms with Crippen molar-refractivity contribution in [2.45, 2.75) is 49.5 Å². The van der Waals surface area contributed by atoms with Crippen molar-refractivity contribution in [3.63, 3.8) is 0 Å². The molecule has 1 aromatic heterocycles. The number of ether oxygens (including phenoxy) is 1. The highest BCUT2D eigenvalue weighted by atomic mass is 32.2. The topological polar surface area (TPSA) is 87.4 Å². The van der Waals surface area contributed by atoms with E-state index in [2.05, 4.69) is 5.32 Å². The minimum atomic E-state index is -4.77. The summed E-state index contributed by atoms with van der Waals surface area (Å²) in [5.41, 5.74) is -0.0000791. The van der Waals surface area contributed by atoms with Crippen molar-refractivity contribution < 1.29 is 40.1 Å². The molecule has 0 saturated carbocycles. The fourth-order valence-electron chi connectivity index (χ4n) is 5.51. The zero-order valence-corrected chi connectivity index (χ0v) is 25.2. The second-order valence-corrected chi connectivity index (χ2v) is 12.2. The number of nitriles is 1. The maximum absolute atomic E-state index is 14.6. The summed E-state index contributed by atoms with van der Waals surface area (Å²) >= 11 is 0. The molecular weight excluding hydrogens is 634 g/mol. The number of hydrogen-bond acceptors (Lipinski definition) is 5. The van der Waals surface area contributed by atoms with Gasteiger partial charge < -0.3 is 9.30 Å². The Morgan fingerprint density at radius 1 is 1.09 bits per heavy atom. The van der Waals surface area contributed by atoms with Gasteiger partial charge in [0.15, 0.2) is 11.6 Å². The van der Waals surface area contributed by atoms with Crippen LogP contribution >= 0.6 is 0 Å². The normalized spacial score (nSPS) is 15.9. The first-order valence-electron chi connectivity index (χ1n) is 14.3. The van der Waals surface area contributed by atoms with Gasteiger partial charge in [0.1, 0.15) is 22.8 Å². The van der Waals surface area contributed by atoms with E-state index < -0.39 is 64.8 Å². The summed E-state index contributed by atoms with van der Waals surface area (Å²) in [6, 6.07) is 10.4. The summed E-state index contributed by atoms with van der Waals surface area (Å²) in [6.45, 7) is 1.87. The Kier molecular flexibility index (Phi) is 9.85. The molecule has 0 bridgehead atoms. The fraction of sp³-hybridized carbons (Fsp3) is 0.312. The fourth-order valence-corrected chi connectivity index (χ4v) is 6.72. The van der Waals surface area contributed by atoms with Crippen LogP contribution in [0, 0.1) is 28.8 Å². The first-order valence-corrected chi connectivity index (χ1v) is 15.4. The van der Waals surface area contributed by atoms with Crippen LogP contribution in [0.5, 0.6) is 0 Å². The molecular formula is C32H28F6N4O3S. The summed E-state index contributed by atoms with van der Waals surface area (Å²) in [6.07, 6.45) is -3.14. The maximum atomic E-state index is 14.6. The molecule has 2 atom stereocenters. The third-order valence-electron chi connectivity index (χ3n) is 7.75. The zero-order chi connectivity index (χ0) is 33.2. The largest absolute Gasteiger partial charge is 0.462 e. The van der Waals surface area contributed by atoms with Gasteiger partial charge in [-0.15, -0.1) is 0 Å². The summed E-state index contributed by atoms with van der Waals surface area (Å²) in [5.74, 6) is -4.31. The van der Waals surface area contributed by atoms with E-state index in [1.807, 2.05) is 6.07 Å². The van der Waals surface area contributed by atoms with Crippen molar-refractivity contribution in [3.05, 3.63) is 100 Å². The Morgan fingerprint density at radius 3 is 2.41 bits per heavy atom. The number of piperidine rings is 1. The van der Waals surface area contributed by atoms with Crippen LogP contribution in [-0.2, 0) is 22.3 Å². The smallest absolute Gasteiger partial charge is 0.407 e. The maximum Gasteiger partial charge on any atom is 0.407 e. The van der Waals surface area contributed by atoms with E-state index >= 15 is 0 Å². The van der Waals surface area contributed by atoms with Crippen LogP contribution < -0.4 is 5.32 Å². The molecule has 242 valence electrons. The average Bonchev–Trinajstić information content (AvgIpc) is 3.38. The van der Waals surface area contributed by atoms with Crippen molar-refractivity contribution in [1.29, 1.82) is 5.26 Å². The van der Waals surface area contributed by atoms with Gasteiger partial charge in [-0.3, -0.25) is 5.32 Å². The predicted octanol–water partition coefficient (Wildman–Crippen LogP) is 6.54. The second-order valence-electron chi connectivity index (χ2n) is 10.8. The van der Waals surface area contributed by atoms with Crippen LogP contribution in [-0.4, -0.2) is 51.0 Å². The number of hydrogen-bond donors (Lipinski definition) is 1. The number of carbonyl (C=O) groups excluding carboxylic acids is 1. The number of nitrogens with zero attached hydrogens (tertiary/aromatic N) is 3. The molecule has 0 aliphatic carbocycles. The van der Waals surface area contributed by atoms with Gasteiger partial charge in [0, 0.05) is 53.4 Å². The van der Waals surface area contributed by atoms with E-state index in [9.17, 15) is 40.6 Å². The Bertz CT molecular complexity index is 1810. The molecule has 14 heteroatoms. The van der Waals surface area contributed by atoms with Gasteiger partial charge in [0.2, 0.25) is 0 Å². The Hall–Kier alpha value is -4.19. The van der Waals surface area contributed by atoms with E-state index in [0.29, 0.717) is 16.5 Å². The quantitative estimate of drug-likeness (QED) is 0.125. The van der Waals surface area contributed by atoms with E-state index in [1.165, 1.54) is 34.9 Å². The van der Waals surface area contributed by atoms with Crippen molar-refractivity contribution in [1.82, 2.24) is 14.2 Å². The molecule has 2 heterocycles. The molecule has 1 aliphatic rings. The Labute approximate surface area is 263 Å². The number of esters is 1. The van der Waals surface area contributed by atoms with Crippen LogP contribution in [0.25, 0.3) is 10.9 Å². The molecule has 46 heavy (non-hydrogen) atoms. The van der Waals surface area contributed by atoms with Crippen molar-refractivity contribution in [2.75, 3.05) is 19.7 Å². The lowest BCUT2D eigenvalue weighted by Crippen LogP contribution is -2.47. The Balaban J connectivity index is 1.36. The highest BCUT2D eigenvalue weighted by molar-refractivity contribution is 7.82. The second kappa shape index (κ2) is 13.7. The average molecular weight is 663 g/mol. The van der Waals surface area contributed by atoms with Crippen LogP contribution in [0.4, 0.5) is 26.3 Å². The van der Waals surface area contributed by atoms with Gasteiger partial charge in [0.05, 0.1) is 35.2 Å². The summed E-state index contributed by atoms with van der Waals surface area (Å²) in [4.78, 5) is 12.3. The van der Waals surface area contributed by atoms with Gasteiger partial charge in [-0.1, -0.05) is 6.07 Å². The van der Waals surface area contributed by atoms with E-state index in [4.69, 9.17) is 4.74 Å². The van der Waals surface area contributed by atoms with Crippen molar-refractivity contribution >= 4 is 27.9 Å². The highest BCUT2D eigenvalue weighted by Gasteiger charge is 2.44. The number of aromatic nitrogens is 1. The molecule has 3 aromatic carbocycles. The molecule has 0 spiro atoms. The number of rotatable bonds is 9. The molecule has 1 N–H and O–H groups in total. The van der Waals surface area contributed by atoms with Gasteiger partial charge >= 0.3 is 12.1 Å². The highest BCUT2D eigenvalue weighted by Crippen LogP contribution is 2.39. The lowest BCUT2D eigenvalue weighted by molar-refractivity contribution is -0.160. The first kappa shape index (κ1) is 33.2. The molecule has 2 unspecified atom stereocenters. The van der Waals surface area contributed by atoms with Gasteiger partial charge in [-0.2, -0.15) is 18.4 Å².